The highest BCUT2D eigenvalue weighted by atomic mass is 16.5. The van der Waals surface area contributed by atoms with Gasteiger partial charge in [0.05, 0.1) is 37.0 Å². The highest BCUT2D eigenvalue weighted by Crippen LogP contribution is 2.56. The smallest absolute Gasteiger partial charge is 0.119 e. The minimum atomic E-state index is 0.862. The van der Waals surface area contributed by atoms with Crippen molar-refractivity contribution in [1.82, 2.24) is 0 Å². The molecule has 0 aromatic heterocycles. The van der Waals surface area contributed by atoms with Crippen LogP contribution in [-0.2, 0) is 0 Å². The van der Waals surface area contributed by atoms with E-state index in [1.54, 1.807) is 14.2 Å². The zero-order valence-electron chi connectivity index (χ0n) is 25.3. The molecule has 7 aromatic rings. The number of nitrogens with zero attached hydrogens (tertiary/aromatic N) is 2. The first-order valence-electron chi connectivity index (χ1n) is 14.9. The maximum Gasteiger partial charge on any atom is 0.119 e. The molecule has 44 heavy (non-hydrogen) atoms. The van der Waals surface area contributed by atoms with Gasteiger partial charge in [0.25, 0.3) is 0 Å². The zero-order chi connectivity index (χ0) is 29.9. The summed E-state index contributed by atoms with van der Waals surface area (Å²) < 4.78 is 11.0. The number of methoxy groups -OCH3 is 2. The van der Waals surface area contributed by atoms with Gasteiger partial charge in [-0.1, -0.05) is 48.5 Å². The molecule has 0 amide bonds. The number of rotatable bonds is 4. The van der Waals surface area contributed by atoms with E-state index < -0.39 is 0 Å². The van der Waals surface area contributed by atoms with E-state index in [-0.39, 0.29) is 0 Å². The second-order valence-corrected chi connectivity index (χ2v) is 11.6. The molecule has 8 rings (SSSR count). The molecule has 1 aliphatic rings. The van der Waals surface area contributed by atoms with Crippen molar-refractivity contribution < 1.29 is 9.47 Å². The Morgan fingerprint density at radius 3 is 1.18 bits per heavy atom. The van der Waals surface area contributed by atoms with Gasteiger partial charge < -0.3 is 19.3 Å². The number of ether oxygens (including phenoxy) is 2. The molecule has 0 unspecified atom stereocenters. The van der Waals surface area contributed by atoms with E-state index in [2.05, 4.69) is 133 Å². The van der Waals surface area contributed by atoms with Crippen LogP contribution in [0.4, 0.5) is 34.1 Å². The molecule has 0 fully saturated rings. The number of fused-ring (bicyclic) bond motifs is 5. The van der Waals surface area contributed by atoms with Crippen molar-refractivity contribution in [3.05, 3.63) is 132 Å². The topological polar surface area (TPSA) is 24.9 Å². The molecule has 0 atom stereocenters. The second kappa shape index (κ2) is 10.1. The van der Waals surface area contributed by atoms with E-state index in [1.807, 2.05) is 12.1 Å². The van der Waals surface area contributed by atoms with Crippen LogP contribution in [0.5, 0.6) is 11.5 Å². The first-order valence-corrected chi connectivity index (χ1v) is 14.9. The van der Waals surface area contributed by atoms with Crippen molar-refractivity contribution in [2.75, 3.05) is 24.0 Å². The van der Waals surface area contributed by atoms with Crippen LogP contribution in [0.15, 0.2) is 121 Å². The largest absolute Gasteiger partial charge is 0.497 e. The van der Waals surface area contributed by atoms with E-state index in [0.717, 1.165) is 56.4 Å². The van der Waals surface area contributed by atoms with Gasteiger partial charge in [-0.25, -0.2) is 0 Å². The summed E-state index contributed by atoms with van der Waals surface area (Å²) >= 11 is 0. The molecule has 0 saturated heterocycles. The monoisotopic (exact) mass is 572 g/mol. The third kappa shape index (κ3) is 4.14. The van der Waals surface area contributed by atoms with E-state index in [1.165, 1.54) is 32.7 Å². The Morgan fingerprint density at radius 2 is 0.750 bits per heavy atom. The van der Waals surface area contributed by atoms with Gasteiger partial charge in [-0.15, -0.1) is 0 Å². The molecule has 214 valence electrons. The highest BCUT2D eigenvalue weighted by Gasteiger charge is 2.32. The number of benzene rings is 7. The van der Waals surface area contributed by atoms with Gasteiger partial charge in [0.15, 0.2) is 0 Å². The van der Waals surface area contributed by atoms with Crippen molar-refractivity contribution >= 4 is 66.4 Å². The van der Waals surface area contributed by atoms with Crippen LogP contribution in [0.1, 0.15) is 11.1 Å². The quantitative estimate of drug-likeness (QED) is 0.209. The van der Waals surface area contributed by atoms with E-state index in [4.69, 9.17) is 9.47 Å². The average molecular weight is 573 g/mol. The van der Waals surface area contributed by atoms with E-state index in [9.17, 15) is 0 Å². The zero-order valence-corrected chi connectivity index (χ0v) is 25.3. The maximum atomic E-state index is 5.50. The minimum absolute atomic E-state index is 0.862. The minimum Gasteiger partial charge on any atom is -0.497 e. The van der Waals surface area contributed by atoms with E-state index >= 15 is 0 Å². The lowest BCUT2D eigenvalue weighted by atomic mass is 9.97. The Kier molecular flexibility index (Phi) is 5.98. The molecule has 4 heteroatoms. The van der Waals surface area contributed by atoms with Gasteiger partial charge in [-0.3, -0.25) is 0 Å². The summed E-state index contributed by atoms with van der Waals surface area (Å²) in [6.07, 6.45) is 0. The normalized spacial score (nSPS) is 12.5. The summed E-state index contributed by atoms with van der Waals surface area (Å²) in [6.45, 7) is 4.40. The second-order valence-electron chi connectivity index (χ2n) is 11.6. The van der Waals surface area contributed by atoms with Gasteiger partial charge in [-0.2, -0.15) is 0 Å². The first-order chi connectivity index (χ1) is 21.5. The van der Waals surface area contributed by atoms with E-state index in [0.29, 0.717) is 0 Å². The Morgan fingerprint density at radius 1 is 0.386 bits per heavy atom. The average Bonchev–Trinajstić information content (AvgIpc) is 3.06. The molecular formula is C40H32N2O2. The Balaban J connectivity index is 1.41. The van der Waals surface area contributed by atoms with Gasteiger partial charge in [0.2, 0.25) is 0 Å². The summed E-state index contributed by atoms with van der Waals surface area (Å²) in [5, 5.41) is 7.06. The fourth-order valence-electron chi connectivity index (χ4n) is 6.49. The SMILES string of the molecule is COc1ccc2cc(N3c4cc(C)c(C)cc4N(c4ccc5cc(OC)ccc5c4)c4cc5ccccc5cc43)ccc2c1. The van der Waals surface area contributed by atoms with Crippen molar-refractivity contribution in [3.63, 3.8) is 0 Å². The molecule has 4 nitrogen and oxygen atoms in total. The van der Waals surface area contributed by atoms with Crippen LogP contribution in [0.25, 0.3) is 32.3 Å². The first kappa shape index (κ1) is 26.2. The molecule has 1 heterocycles. The number of hydrogen-bond acceptors (Lipinski definition) is 4. The lowest BCUT2D eigenvalue weighted by molar-refractivity contribution is 0.415. The standard InChI is InChI=1S/C40H32N2O2/c1-25-17-37-38(18-26(25)2)42(34-14-10-32-22-36(44-4)16-12-30(32)20-34)40-24-28-8-6-5-7-27(28)23-39(40)41(37)33-13-9-31-21-35(43-3)15-11-29(31)19-33/h5-24H,1-4H3. The van der Waals surface area contributed by atoms with Gasteiger partial charge in [0.1, 0.15) is 11.5 Å². The predicted octanol–water partition coefficient (Wildman–Crippen LogP) is 11.0. The number of hydrogen-bond donors (Lipinski definition) is 0. The lowest BCUT2D eigenvalue weighted by Gasteiger charge is -2.41. The van der Waals surface area contributed by atoms with Gasteiger partial charge in [0, 0.05) is 11.4 Å². The fourth-order valence-corrected chi connectivity index (χ4v) is 6.49. The van der Waals surface area contributed by atoms with Gasteiger partial charge >= 0.3 is 0 Å². The molecular weight excluding hydrogens is 540 g/mol. The van der Waals surface area contributed by atoms with Crippen molar-refractivity contribution in [2.24, 2.45) is 0 Å². The summed E-state index contributed by atoms with van der Waals surface area (Å²) in [5.74, 6) is 1.72. The van der Waals surface area contributed by atoms with Crippen LogP contribution >= 0.6 is 0 Å². The molecule has 0 bridgehead atoms. The highest BCUT2D eigenvalue weighted by molar-refractivity contribution is 6.07. The Labute approximate surface area is 257 Å². The van der Waals surface area contributed by atoms with Crippen molar-refractivity contribution in [2.45, 2.75) is 13.8 Å². The number of aryl methyl sites for hydroxylation is 2. The Hall–Kier alpha value is -5.48. The summed E-state index contributed by atoms with van der Waals surface area (Å²) in [4.78, 5) is 4.85. The van der Waals surface area contributed by atoms with Crippen LogP contribution in [0.3, 0.4) is 0 Å². The Bertz CT molecular complexity index is 2100. The predicted molar refractivity (Wildman–Crippen MR) is 184 cm³/mol. The summed E-state index contributed by atoms with van der Waals surface area (Å²) in [7, 11) is 3.42. The van der Waals surface area contributed by atoms with Crippen LogP contribution in [0, 0.1) is 13.8 Å². The van der Waals surface area contributed by atoms with Crippen molar-refractivity contribution in [3.8, 4) is 11.5 Å². The molecule has 0 spiro atoms. The van der Waals surface area contributed by atoms with Crippen LogP contribution in [-0.4, -0.2) is 14.2 Å². The molecule has 0 radical (unpaired) electrons. The number of anilines is 6. The van der Waals surface area contributed by atoms with Crippen molar-refractivity contribution in [1.29, 1.82) is 0 Å². The third-order valence-electron chi connectivity index (χ3n) is 8.98. The molecule has 0 aliphatic carbocycles. The molecule has 7 aromatic carbocycles. The third-order valence-corrected chi connectivity index (χ3v) is 8.98. The van der Waals surface area contributed by atoms with Gasteiger partial charge in [-0.05, 0) is 130 Å². The van der Waals surface area contributed by atoms with Crippen LogP contribution < -0.4 is 19.3 Å². The lowest BCUT2D eigenvalue weighted by Crippen LogP contribution is -2.24. The maximum absolute atomic E-state index is 5.50. The summed E-state index contributed by atoms with van der Waals surface area (Å²) in [5.41, 5.74) is 9.34. The molecule has 1 aliphatic heterocycles. The van der Waals surface area contributed by atoms with Crippen LogP contribution in [0.2, 0.25) is 0 Å². The molecule has 0 N–H and O–H groups in total. The molecule has 0 saturated carbocycles. The fraction of sp³-hybridized carbons (Fsp3) is 0.100. The summed E-state index contributed by atoms with van der Waals surface area (Å²) in [6, 6.07) is 43.9.